The second kappa shape index (κ2) is 13.8. The van der Waals surface area contributed by atoms with Crippen molar-refractivity contribution in [1.29, 1.82) is 0 Å². The molecule has 1 atom stereocenters. The van der Waals surface area contributed by atoms with Crippen molar-refractivity contribution >= 4 is 5.97 Å². The highest BCUT2D eigenvalue weighted by molar-refractivity contribution is 5.69. The van der Waals surface area contributed by atoms with Crippen LogP contribution in [-0.2, 0) is 4.79 Å². The molecule has 0 aliphatic rings. The Bertz CT molecular complexity index is 288. The lowest BCUT2D eigenvalue weighted by Crippen LogP contribution is -2.54. The van der Waals surface area contributed by atoms with E-state index in [9.17, 15) is 9.90 Å². The molecular weight excluding hydrogens is 288 g/mol. The molecule has 23 heavy (non-hydrogen) atoms. The number of hydrogen-bond acceptors (Lipinski definition) is 3. The summed E-state index contributed by atoms with van der Waals surface area (Å²) < 4.78 is 0.431. The van der Waals surface area contributed by atoms with Crippen LogP contribution >= 0.6 is 0 Å². The van der Waals surface area contributed by atoms with Gasteiger partial charge in [0.1, 0.15) is 6.04 Å². The van der Waals surface area contributed by atoms with Gasteiger partial charge in [0, 0.05) is 6.42 Å². The van der Waals surface area contributed by atoms with Crippen molar-refractivity contribution in [1.82, 2.24) is 5.32 Å². The van der Waals surface area contributed by atoms with Crippen LogP contribution in [-0.4, -0.2) is 50.7 Å². The van der Waals surface area contributed by atoms with E-state index in [0.29, 0.717) is 10.9 Å². The van der Waals surface area contributed by atoms with E-state index in [1.807, 2.05) is 21.1 Å². The maximum Gasteiger partial charge on any atom is 0.129 e. The zero-order valence-electron chi connectivity index (χ0n) is 16.0. The van der Waals surface area contributed by atoms with E-state index in [4.69, 9.17) is 0 Å². The first kappa shape index (κ1) is 22.4. The van der Waals surface area contributed by atoms with Crippen LogP contribution in [0, 0.1) is 0 Å². The van der Waals surface area contributed by atoms with Crippen molar-refractivity contribution in [2.24, 2.45) is 0 Å². The van der Waals surface area contributed by atoms with E-state index < -0.39 is 12.0 Å². The van der Waals surface area contributed by atoms with Crippen molar-refractivity contribution in [3.8, 4) is 0 Å². The summed E-state index contributed by atoms with van der Waals surface area (Å²) in [6, 6.07) is -0.412. The lowest BCUT2D eigenvalue weighted by molar-refractivity contribution is -0.889. The molecule has 0 aliphatic carbocycles. The molecule has 0 heterocycles. The number of likely N-dealkylation sites (N-methyl/N-ethyl adjacent to an activating group) is 1. The zero-order chi connectivity index (χ0) is 17.6. The fourth-order valence-electron chi connectivity index (χ4n) is 2.93. The number of rotatable bonds is 16. The molecule has 0 radical (unpaired) electrons. The summed E-state index contributed by atoms with van der Waals surface area (Å²) in [6.07, 6.45) is 13.7. The molecule has 0 rings (SSSR count). The highest BCUT2D eigenvalue weighted by Gasteiger charge is 2.24. The standard InChI is InChI=1S/C19H40N2O2/c1-5-6-7-8-9-10-11-12-13-16-20-17-14-15-18(19(22)23)21(2,3)4/h18,20H,5-17H2,1-4H3. The van der Waals surface area contributed by atoms with Gasteiger partial charge in [-0.15, -0.1) is 0 Å². The molecule has 138 valence electrons. The molecule has 1 unspecified atom stereocenters. The Morgan fingerprint density at radius 3 is 1.83 bits per heavy atom. The Morgan fingerprint density at radius 1 is 0.870 bits per heavy atom. The van der Waals surface area contributed by atoms with Gasteiger partial charge < -0.3 is 19.7 Å². The summed E-state index contributed by atoms with van der Waals surface area (Å²) in [5.41, 5.74) is 0. The van der Waals surface area contributed by atoms with Crippen LogP contribution in [0.3, 0.4) is 0 Å². The first-order valence-corrected chi connectivity index (χ1v) is 9.62. The van der Waals surface area contributed by atoms with Gasteiger partial charge in [-0.25, -0.2) is 0 Å². The van der Waals surface area contributed by atoms with Crippen molar-refractivity contribution in [2.75, 3.05) is 34.2 Å². The minimum atomic E-state index is -0.934. The van der Waals surface area contributed by atoms with E-state index in [2.05, 4.69) is 12.2 Å². The smallest absolute Gasteiger partial charge is 0.129 e. The maximum absolute atomic E-state index is 11.1. The zero-order valence-corrected chi connectivity index (χ0v) is 16.0. The fraction of sp³-hybridized carbons (Fsp3) is 0.947. The van der Waals surface area contributed by atoms with Crippen molar-refractivity contribution < 1.29 is 14.4 Å². The Kier molecular flexibility index (Phi) is 13.4. The number of quaternary nitrogens is 1. The summed E-state index contributed by atoms with van der Waals surface area (Å²) in [6.45, 7) is 4.21. The van der Waals surface area contributed by atoms with Gasteiger partial charge in [-0.3, -0.25) is 0 Å². The second-order valence-electron chi connectivity index (χ2n) is 7.67. The number of aliphatic carboxylic acids is 1. The molecule has 0 spiro atoms. The Balaban J connectivity index is 3.38. The largest absolute Gasteiger partial charge is 0.544 e. The van der Waals surface area contributed by atoms with Crippen molar-refractivity contribution in [3.05, 3.63) is 0 Å². The van der Waals surface area contributed by atoms with Crippen LogP contribution in [0.5, 0.6) is 0 Å². The van der Waals surface area contributed by atoms with Gasteiger partial charge >= 0.3 is 0 Å². The van der Waals surface area contributed by atoms with E-state index in [-0.39, 0.29) is 0 Å². The summed E-state index contributed by atoms with van der Waals surface area (Å²) in [5, 5.41) is 14.6. The van der Waals surface area contributed by atoms with Crippen LogP contribution < -0.4 is 10.4 Å². The predicted octanol–water partition coefficient (Wildman–Crippen LogP) is 2.71. The molecule has 4 nitrogen and oxygen atoms in total. The minimum Gasteiger partial charge on any atom is -0.544 e. The summed E-state index contributed by atoms with van der Waals surface area (Å²) in [4.78, 5) is 11.1. The van der Waals surface area contributed by atoms with Crippen LogP contribution in [0.15, 0.2) is 0 Å². The number of carboxylic acids is 1. The first-order valence-electron chi connectivity index (χ1n) is 9.62. The van der Waals surface area contributed by atoms with Gasteiger partial charge in [-0.1, -0.05) is 58.3 Å². The lowest BCUT2D eigenvalue weighted by atomic mass is 10.1. The molecule has 0 aromatic heterocycles. The number of carboxylic acid groups (broad SMARTS) is 1. The lowest BCUT2D eigenvalue weighted by Gasteiger charge is -2.34. The van der Waals surface area contributed by atoms with Gasteiger partial charge in [0.15, 0.2) is 0 Å². The van der Waals surface area contributed by atoms with Crippen LogP contribution in [0.25, 0.3) is 0 Å². The van der Waals surface area contributed by atoms with Gasteiger partial charge in [0.2, 0.25) is 0 Å². The van der Waals surface area contributed by atoms with Gasteiger partial charge in [0.05, 0.1) is 27.1 Å². The number of hydrogen-bond donors (Lipinski definition) is 1. The third kappa shape index (κ3) is 13.5. The molecule has 0 aromatic rings. The van der Waals surface area contributed by atoms with E-state index in [0.717, 1.165) is 19.5 Å². The molecule has 0 saturated carbocycles. The number of nitrogens with one attached hydrogen (secondary N) is 1. The third-order valence-corrected chi connectivity index (χ3v) is 4.50. The average Bonchev–Trinajstić information content (AvgIpc) is 2.46. The minimum absolute atomic E-state index is 0.412. The summed E-state index contributed by atoms with van der Waals surface area (Å²) >= 11 is 0. The van der Waals surface area contributed by atoms with E-state index in [1.54, 1.807) is 0 Å². The molecule has 4 heteroatoms. The fourth-order valence-corrected chi connectivity index (χ4v) is 2.93. The normalized spacial score (nSPS) is 13.2. The Labute approximate surface area is 144 Å². The molecule has 0 aromatic carbocycles. The van der Waals surface area contributed by atoms with Crippen LogP contribution in [0.1, 0.15) is 77.6 Å². The predicted molar refractivity (Wildman–Crippen MR) is 96.2 cm³/mol. The number of unbranched alkanes of at least 4 members (excludes halogenated alkanes) is 8. The van der Waals surface area contributed by atoms with Crippen molar-refractivity contribution in [3.63, 3.8) is 0 Å². The summed E-state index contributed by atoms with van der Waals surface area (Å²) in [7, 11) is 5.74. The third-order valence-electron chi connectivity index (χ3n) is 4.50. The number of carbonyl (C=O) groups is 1. The maximum atomic E-state index is 11.1. The monoisotopic (exact) mass is 328 g/mol. The van der Waals surface area contributed by atoms with Gasteiger partial charge in [-0.05, 0) is 25.9 Å². The van der Waals surface area contributed by atoms with Gasteiger partial charge in [0.25, 0.3) is 0 Å². The van der Waals surface area contributed by atoms with E-state index in [1.165, 1.54) is 57.8 Å². The van der Waals surface area contributed by atoms with Crippen molar-refractivity contribution in [2.45, 2.75) is 83.6 Å². The molecule has 0 saturated heterocycles. The first-order chi connectivity index (χ1) is 10.9. The van der Waals surface area contributed by atoms with Crippen LogP contribution in [0.4, 0.5) is 0 Å². The number of nitrogens with zero attached hydrogens (tertiary/aromatic N) is 1. The van der Waals surface area contributed by atoms with Gasteiger partial charge in [-0.2, -0.15) is 0 Å². The molecule has 0 amide bonds. The average molecular weight is 329 g/mol. The topological polar surface area (TPSA) is 52.2 Å². The van der Waals surface area contributed by atoms with E-state index >= 15 is 0 Å². The molecule has 0 aliphatic heterocycles. The molecule has 0 fully saturated rings. The molecule has 1 N–H and O–H groups in total. The number of carbonyl (C=O) groups excluding carboxylic acids is 1. The second-order valence-corrected chi connectivity index (χ2v) is 7.67. The SMILES string of the molecule is CCCCCCCCCCCNCCCC(C(=O)[O-])[N+](C)(C)C. The van der Waals surface area contributed by atoms with Crippen LogP contribution in [0.2, 0.25) is 0 Å². The highest BCUT2D eigenvalue weighted by Crippen LogP contribution is 2.10. The molecule has 0 bridgehead atoms. The summed E-state index contributed by atoms with van der Waals surface area (Å²) in [5.74, 6) is -0.934. The molecular formula is C19H40N2O2. The Hall–Kier alpha value is -0.610. The quantitative estimate of drug-likeness (QED) is 0.350. The Morgan fingerprint density at radius 2 is 1.35 bits per heavy atom. The highest BCUT2D eigenvalue weighted by atomic mass is 16.4.